The Labute approximate surface area is 154 Å². The fourth-order valence-corrected chi connectivity index (χ4v) is 3.21. The molecule has 0 aliphatic carbocycles. The lowest BCUT2D eigenvalue weighted by Crippen LogP contribution is -2.41. The number of nitrogens with two attached hydrogens (primary N) is 1. The van der Waals surface area contributed by atoms with Crippen molar-refractivity contribution in [1.82, 2.24) is 9.88 Å². The summed E-state index contributed by atoms with van der Waals surface area (Å²) in [5, 5.41) is 3.10. The zero-order valence-electron chi connectivity index (χ0n) is 13.5. The summed E-state index contributed by atoms with van der Waals surface area (Å²) in [5.41, 5.74) is 6.36. The molecule has 5 nitrogen and oxygen atoms in total. The van der Waals surface area contributed by atoms with Crippen LogP contribution in [0.5, 0.6) is 0 Å². The first kappa shape index (κ1) is 22.6. The molecule has 0 spiro atoms. The van der Waals surface area contributed by atoms with E-state index in [0.29, 0.717) is 13.0 Å². The molecular formula is C15H27Cl2N3O2S. The van der Waals surface area contributed by atoms with Gasteiger partial charge in [0.15, 0.2) is 0 Å². The molecule has 0 bridgehead atoms. The standard InChI is InChI=1S/C15H25N3O2S.2ClH/c1-2-14-17-12(11-21-14)10-15(19)18-7-4-13(5-8-18)20-9-3-6-16;;/h11,13H,2-10,16H2,1H3;2*1H. The van der Waals surface area contributed by atoms with E-state index in [1.807, 2.05) is 10.3 Å². The molecule has 1 aliphatic heterocycles. The van der Waals surface area contributed by atoms with Crippen molar-refractivity contribution in [2.45, 2.75) is 45.1 Å². The summed E-state index contributed by atoms with van der Waals surface area (Å²) in [4.78, 5) is 18.7. The number of ether oxygens (including phenoxy) is 1. The molecule has 1 aromatic heterocycles. The van der Waals surface area contributed by atoms with Gasteiger partial charge in [-0.25, -0.2) is 4.98 Å². The van der Waals surface area contributed by atoms with Crippen molar-refractivity contribution < 1.29 is 9.53 Å². The Kier molecular flexibility index (Phi) is 11.8. The van der Waals surface area contributed by atoms with Gasteiger partial charge in [-0.3, -0.25) is 4.79 Å². The van der Waals surface area contributed by atoms with Crippen molar-refractivity contribution in [3.05, 3.63) is 16.1 Å². The van der Waals surface area contributed by atoms with Crippen LogP contribution < -0.4 is 5.73 Å². The average molecular weight is 384 g/mol. The van der Waals surface area contributed by atoms with E-state index in [-0.39, 0.29) is 36.8 Å². The molecule has 1 aliphatic rings. The zero-order valence-corrected chi connectivity index (χ0v) is 16.0. The number of aryl methyl sites for hydroxylation is 1. The Morgan fingerprint density at radius 3 is 2.70 bits per heavy atom. The number of hydrogen-bond donors (Lipinski definition) is 1. The highest BCUT2D eigenvalue weighted by Crippen LogP contribution is 2.16. The number of hydrogen-bond acceptors (Lipinski definition) is 5. The third kappa shape index (κ3) is 7.35. The Morgan fingerprint density at radius 2 is 2.13 bits per heavy atom. The Balaban J connectivity index is 0.00000242. The lowest BCUT2D eigenvalue weighted by Gasteiger charge is -2.32. The van der Waals surface area contributed by atoms with Crippen LogP contribution in [-0.2, 0) is 22.4 Å². The highest BCUT2D eigenvalue weighted by molar-refractivity contribution is 7.09. The number of thiazole rings is 1. The molecule has 0 atom stereocenters. The molecule has 2 rings (SSSR count). The van der Waals surface area contributed by atoms with Gasteiger partial charge in [-0.2, -0.15) is 0 Å². The van der Waals surface area contributed by atoms with Gasteiger partial charge in [0.2, 0.25) is 5.91 Å². The van der Waals surface area contributed by atoms with Gasteiger partial charge in [-0.05, 0) is 32.2 Å². The Hall–Kier alpha value is -0.400. The van der Waals surface area contributed by atoms with Gasteiger partial charge in [0, 0.05) is 25.1 Å². The maximum Gasteiger partial charge on any atom is 0.228 e. The van der Waals surface area contributed by atoms with Crippen LogP contribution in [0.1, 0.15) is 36.9 Å². The molecule has 1 amide bonds. The quantitative estimate of drug-likeness (QED) is 0.734. The normalized spacial score (nSPS) is 15.0. The average Bonchev–Trinajstić information content (AvgIpc) is 2.96. The second-order valence-corrected chi connectivity index (χ2v) is 6.30. The SMILES string of the molecule is CCc1nc(CC(=O)N2CCC(OCCCN)CC2)cs1.Cl.Cl. The highest BCUT2D eigenvalue weighted by atomic mass is 35.5. The fourth-order valence-electron chi connectivity index (χ4n) is 2.46. The number of likely N-dealkylation sites (tertiary alicyclic amines) is 1. The van der Waals surface area contributed by atoms with Gasteiger partial charge in [0.1, 0.15) is 0 Å². The number of aromatic nitrogens is 1. The Bertz CT molecular complexity index is 452. The molecule has 0 unspecified atom stereocenters. The van der Waals surface area contributed by atoms with Crippen molar-refractivity contribution in [3.8, 4) is 0 Å². The molecule has 23 heavy (non-hydrogen) atoms. The van der Waals surface area contributed by atoms with Crippen molar-refractivity contribution in [2.24, 2.45) is 5.73 Å². The van der Waals surface area contributed by atoms with E-state index >= 15 is 0 Å². The summed E-state index contributed by atoms with van der Waals surface area (Å²) >= 11 is 1.64. The van der Waals surface area contributed by atoms with Crippen LogP contribution in [0.15, 0.2) is 5.38 Å². The van der Waals surface area contributed by atoms with Crippen molar-refractivity contribution in [2.75, 3.05) is 26.2 Å². The monoisotopic (exact) mass is 383 g/mol. The van der Waals surface area contributed by atoms with E-state index in [0.717, 1.165) is 56.1 Å². The minimum Gasteiger partial charge on any atom is -0.378 e. The van der Waals surface area contributed by atoms with E-state index in [2.05, 4.69) is 11.9 Å². The third-order valence-corrected chi connectivity index (χ3v) is 4.77. The fraction of sp³-hybridized carbons (Fsp3) is 0.733. The molecule has 0 aromatic carbocycles. The lowest BCUT2D eigenvalue weighted by molar-refractivity contribution is -0.133. The highest BCUT2D eigenvalue weighted by Gasteiger charge is 2.23. The lowest BCUT2D eigenvalue weighted by atomic mass is 10.1. The van der Waals surface area contributed by atoms with Gasteiger partial charge in [-0.15, -0.1) is 36.2 Å². The van der Waals surface area contributed by atoms with Gasteiger partial charge >= 0.3 is 0 Å². The first-order chi connectivity index (χ1) is 10.2. The number of carbonyl (C=O) groups is 1. The van der Waals surface area contributed by atoms with Gasteiger partial charge in [0.25, 0.3) is 0 Å². The van der Waals surface area contributed by atoms with E-state index < -0.39 is 0 Å². The van der Waals surface area contributed by atoms with E-state index in [1.54, 1.807) is 11.3 Å². The predicted molar refractivity (Wildman–Crippen MR) is 98.9 cm³/mol. The molecule has 0 saturated carbocycles. The van der Waals surface area contributed by atoms with E-state index in [4.69, 9.17) is 10.5 Å². The van der Waals surface area contributed by atoms with Gasteiger partial charge < -0.3 is 15.4 Å². The summed E-state index contributed by atoms with van der Waals surface area (Å²) in [5.74, 6) is 0.184. The first-order valence-corrected chi connectivity index (χ1v) is 8.63. The minimum absolute atomic E-state index is 0. The molecular weight excluding hydrogens is 357 g/mol. The number of piperidine rings is 1. The van der Waals surface area contributed by atoms with Crippen molar-refractivity contribution in [1.29, 1.82) is 0 Å². The van der Waals surface area contributed by atoms with E-state index in [1.165, 1.54) is 0 Å². The molecule has 8 heteroatoms. The predicted octanol–water partition coefficient (Wildman–Crippen LogP) is 2.45. The largest absolute Gasteiger partial charge is 0.378 e. The minimum atomic E-state index is 0. The summed E-state index contributed by atoms with van der Waals surface area (Å²) in [6, 6.07) is 0. The smallest absolute Gasteiger partial charge is 0.228 e. The van der Waals surface area contributed by atoms with Crippen LogP contribution in [-0.4, -0.2) is 48.1 Å². The molecule has 0 radical (unpaired) electrons. The number of rotatable bonds is 7. The summed E-state index contributed by atoms with van der Waals surface area (Å²) < 4.78 is 5.76. The molecule has 1 fully saturated rings. The topological polar surface area (TPSA) is 68.5 Å². The number of amides is 1. The Morgan fingerprint density at radius 1 is 1.43 bits per heavy atom. The van der Waals surface area contributed by atoms with Crippen LogP contribution >= 0.6 is 36.2 Å². The van der Waals surface area contributed by atoms with Crippen molar-refractivity contribution >= 4 is 42.1 Å². The first-order valence-electron chi connectivity index (χ1n) is 7.75. The van der Waals surface area contributed by atoms with Crippen LogP contribution in [0, 0.1) is 0 Å². The number of halogens is 2. The van der Waals surface area contributed by atoms with Gasteiger partial charge in [-0.1, -0.05) is 6.92 Å². The second-order valence-electron chi connectivity index (χ2n) is 5.36. The third-order valence-electron chi connectivity index (χ3n) is 3.73. The second kappa shape index (κ2) is 12.0. The number of carbonyl (C=O) groups excluding carboxylic acids is 1. The summed E-state index contributed by atoms with van der Waals surface area (Å²) in [6.07, 6.45) is 4.40. The van der Waals surface area contributed by atoms with Crippen molar-refractivity contribution in [3.63, 3.8) is 0 Å². The van der Waals surface area contributed by atoms with E-state index in [9.17, 15) is 4.79 Å². The molecule has 1 aromatic rings. The van der Waals surface area contributed by atoms with Gasteiger partial charge in [0.05, 0.1) is 23.2 Å². The summed E-state index contributed by atoms with van der Waals surface area (Å²) in [7, 11) is 0. The maximum atomic E-state index is 12.3. The van der Waals surface area contributed by atoms with Crippen LogP contribution in [0.3, 0.4) is 0 Å². The molecule has 134 valence electrons. The van der Waals surface area contributed by atoms with Crippen LogP contribution in [0.2, 0.25) is 0 Å². The van der Waals surface area contributed by atoms with Crippen LogP contribution in [0.25, 0.3) is 0 Å². The molecule has 2 N–H and O–H groups in total. The number of nitrogens with zero attached hydrogens (tertiary/aromatic N) is 2. The zero-order chi connectivity index (χ0) is 15.1. The molecule has 1 saturated heterocycles. The summed E-state index contributed by atoms with van der Waals surface area (Å²) in [6.45, 7) is 5.06. The maximum absolute atomic E-state index is 12.3. The molecule has 2 heterocycles. The van der Waals surface area contributed by atoms with Crippen LogP contribution in [0.4, 0.5) is 0 Å².